The highest BCUT2D eigenvalue weighted by atomic mass is 35.5. The van der Waals surface area contributed by atoms with Crippen molar-refractivity contribution < 1.29 is 18.0 Å². The maximum Gasteiger partial charge on any atom is 0.264 e. The molecule has 0 bridgehead atoms. The van der Waals surface area contributed by atoms with Gasteiger partial charge < -0.3 is 10.2 Å². The first-order chi connectivity index (χ1) is 19.1. The largest absolute Gasteiger partial charge is 0.354 e. The lowest BCUT2D eigenvalue weighted by Crippen LogP contribution is -2.52. The molecule has 0 aliphatic carbocycles. The fraction of sp³-hybridized carbons (Fsp3) is 0.355. The monoisotopic (exact) mass is 583 g/mol. The Morgan fingerprint density at radius 1 is 0.950 bits per heavy atom. The zero-order chi connectivity index (χ0) is 29.3. The Morgan fingerprint density at radius 3 is 2.25 bits per heavy atom. The normalized spacial score (nSPS) is 12.0. The molecule has 40 heavy (non-hydrogen) atoms. The molecule has 3 aromatic carbocycles. The number of unbranched alkanes of at least 4 members (excludes halogenated alkanes) is 1. The summed E-state index contributed by atoms with van der Waals surface area (Å²) in [5.74, 6) is -0.746. The molecule has 0 aromatic heterocycles. The molecule has 0 saturated carbocycles. The van der Waals surface area contributed by atoms with Crippen LogP contribution in [0.1, 0.15) is 49.8 Å². The van der Waals surface area contributed by atoms with Gasteiger partial charge in [0.05, 0.1) is 10.6 Å². The summed E-state index contributed by atoms with van der Waals surface area (Å²) in [4.78, 5) is 28.9. The average Bonchev–Trinajstić information content (AvgIpc) is 2.94. The zero-order valence-corrected chi connectivity index (χ0v) is 25.1. The van der Waals surface area contributed by atoms with Crippen LogP contribution in [0.15, 0.2) is 77.7 Å². The molecule has 0 spiro atoms. The number of halogens is 1. The van der Waals surface area contributed by atoms with Crippen LogP contribution in [0.4, 0.5) is 5.69 Å². The van der Waals surface area contributed by atoms with Crippen LogP contribution < -0.4 is 9.62 Å². The number of nitrogens with one attached hydrogen (secondary N) is 1. The molecule has 0 heterocycles. The summed E-state index contributed by atoms with van der Waals surface area (Å²) < 4.78 is 29.0. The van der Waals surface area contributed by atoms with Gasteiger partial charge >= 0.3 is 0 Å². The lowest BCUT2D eigenvalue weighted by atomic mass is 10.1. The summed E-state index contributed by atoms with van der Waals surface area (Å²) >= 11 is 6.28. The second-order valence-corrected chi connectivity index (χ2v) is 12.1. The molecule has 3 rings (SSSR count). The van der Waals surface area contributed by atoms with Crippen molar-refractivity contribution in [3.05, 3.63) is 94.5 Å². The van der Waals surface area contributed by atoms with Gasteiger partial charge in [-0.1, -0.05) is 86.0 Å². The predicted molar refractivity (Wildman–Crippen MR) is 161 cm³/mol. The van der Waals surface area contributed by atoms with Crippen molar-refractivity contribution in [3.8, 4) is 0 Å². The van der Waals surface area contributed by atoms with Crippen molar-refractivity contribution in [2.24, 2.45) is 0 Å². The third-order valence-corrected chi connectivity index (χ3v) is 8.75. The number of anilines is 1. The van der Waals surface area contributed by atoms with E-state index in [4.69, 9.17) is 11.6 Å². The lowest BCUT2D eigenvalue weighted by Gasteiger charge is -2.33. The Labute approximate surface area is 243 Å². The third kappa shape index (κ3) is 7.86. The Kier molecular flexibility index (Phi) is 11.2. The Balaban J connectivity index is 2.06. The molecule has 0 aliphatic rings. The van der Waals surface area contributed by atoms with E-state index in [1.807, 2.05) is 45.0 Å². The van der Waals surface area contributed by atoms with Gasteiger partial charge in [-0.2, -0.15) is 0 Å². The van der Waals surface area contributed by atoms with Crippen molar-refractivity contribution in [2.75, 3.05) is 17.4 Å². The minimum absolute atomic E-state index is 0.0524. The first-order valence-electron chi connectivity index (χ1n) is 13.5. The molecule has 0 aliphatic heterocycles. The van der Waals surface area contributed by atoms with Crippen LogP contribution in [0, 0.1) is 13.8 Å². The van der Waals surface area contributed by atoms with E-state index in [0.29, 0.717) is 29.2 Å². The summed E-state index contributed by atoms with van der Waals surface area (Å²) in [6.45, 7) is 7.80. The van der Waals surface area contributed by atoms with Crippen LogP contribution in [0.3, 0.4) is 0 Å². The van der Waals surface area contributed by atoms with Gasteiger partial charge in [0.15, 0.2) is 0 Å². The van der Waals surface area contributed by atoms with E-state index < -0.39 is 28.5 Å². The van der Waals surface area contributed by atoms with E-state index in [0.717, 1.165) is 28.3 Å². The quantitative estimate of drug-likeness (QED) is 0.255. The Bertz CT molecular complexity index is 1400. The van der Waals surface area contributed by atoms with Crippen molar-refractivity contribution >= 4 is 39.1 Å². The van der Waals surface area contributed by atoms with Crippen LogP contribution in [0.25, 0.3) is 0 Å². The smallest absolute Gasteiger partial charge is 0.264 e. The highest BCUT2D eigenvalue weighted by Crippen LogP contribution is 2.30. The molecule has 7 nitrogen and oxygen atoms in total. The molecule has 214 valence electrons. The van der Waals surface area contributed by atoms with Gasteiger partial charge in [-0.25, -0.2) is 8.42 Å². The first kappa shape index (κ1) is 31.2. The number of rotatable bonds is 13. The van der Waals surface area contributed by atoms with E-state index >= 15 is 0 Å². The van der Waals surface area contributed by atoms with Gasteiger partial charge in [-0.15, -0.1) is 0 Å². The second kappa shape index (κ2) is 14.3. The standard InChI is InChI=1S/C31H38ClN3O4S/c1-5-7-19-33-31(37)28(6-2)34(21-25-16-13-23(3)14-17-25)30(36)22-35(29-20-26(32)18-15-24(29)4)40(38,39)27-11-9-8-10-12-27/h8-18,20,28H,5-7,19,21-22H2,1-4H3,(H,33,37)/t28-/m1/s1. The van der Waals surface area contributed by atoms with E-state index in [-0.39, 0.29) is 17.3 Å². The van der Waals surface area contributed by atoms with Crippen LogP contribution >= 0.6 is 11.6 Å². The van der Waals surface area contributed by atoms with Crippen LogP contribution in [-0.2, 0) is 26.2 Å². The fourth-order valence-corrected chi connectivity index (χ4v) is 6.06. The van der Waals surface area contributed by atoms with Crippen LogP contribution in [0.5, 0.6) is 0 Å². The predicted octanol–water partition coefficient (Wildman–Crippen LogP) is 5.88. The number of hydrogen-bond donors (Lipinski definition) is 1. The van der Waals surface area contributed by atoms with Gasteiger partial charge in [-0.05, 0) is 62.1 Å². The molecule has 9 heteroatoms. The molecule has 1 atom stereocenters. The topological polar surface area (TPSA) is 86.8 Å². The van der Waals surface area contributed by atoms with Crippen molar-refractivity contribution in [1.29, 1.82) is 0 Å². The second-order valence-electron chi connectivity index (χ2n) is 9.83. The van der Waals surface area contributed by atoms with Gasteiger partial charge in [0, 0.05) is 18.1 Å². The van der Waals surface area contributed by atoms with Crippen LogP contribution in [-0.4, -0.2) is 44.3 Å². The maximum absolute atomic E-state index is 14.1. The number of nitrogens with zero attached hydrogens (tertiary/aromatic N) is 2. The van der Waals surface area contributed by atoms with Crippen molar-refractivity contribution in [2.45, 2.75) is 64.4 Å². The number of carbonyl (C=O) groups excluding carboxylic acids is 2. The molecular formula is C31H38ClN3O4S. The Hall–Kier alpha value is -3.36. The van der Waals surface area contributed by atoms with Gasteiger partial charge in [0.2, 0.25) is 11.8 Å². The molecule has 3 aromatic rings. The van der Waals surface area contributed by atoms with Gasteiger partial charge in [0.25, 0.3) is 10.0 Å². The summed E-state index contributed by atoms with van der Waals surface area (Å²) in [6.07, 6.45) is 2.12. The zero-order valence-electron chi connectivity index (χ0n) is 23.6. The fourth-order valence-electron chi connectivity index (χ4n) is 4.40. The molecule has 0 saturated heterocycles. The molecule has 1 N–H and O–H groups in total. The number of aryl methyl sites for hydroxylation is 2. The third-order valence-electron chi connectivity index (χ3n) is 6.74. The molecule has 0 fully saturated rings. The summed E-state index contributed by atoms with van der Waals surface area (Å²) in [6, 6.07) is 19.9. The van der Waals surface area contributed by atoms with E-state index in [1.54, 1.807) is 43.3 Å². The summed E-state index contributed by atoms with van der Waals surface area (Å²) in [5.41, 5.74) is 2.87. The number of sulfonamides is 1. The highest BCUT2D eigenvalue weighted by molar-refractivity contribution is 7.92. The number of amides is 2. The first-order valence-corrected chi connectivity index (χ1v) is 15.4. The lowest BCUT2D eigenvalue weighted by molar-refractivity contribution is -0.140. The van der Waals surface area contributed by atoms with Crippen molar-refractivity contribution in [1.82, 2.24) is 10.2 Å². The SMILES string of the molecule is CCCCNC(=O)[C@@H](CC)N(Cc1ccc(C)cc1)C(=O)CN(c1cc(Cl)ccc1C)S(=O)(=O)c1ccccc1. The number of benzene rings is 3. The van der Waals surface area contributed by atoms with Gasteiger partial charge in [0.1, 0.15) is 12.6 Å². The van der Waals surface area contributed by atoms with E-state index in [9.17, 15) is 18.0 Å². The van der Waals surface area contributed by atoms with Gasteiger partial charge in [-0.3, -0.25) is 13.9 Å². The Morgan fingerprint density at radius 2 is 1.62 bits per heavy atom. The highest BCUT2D eigenvalue weighted by Gasteiger charge is 2.34. The summed E-state index contributed by atoms with van der Waals surface area (Å²) in [7, 11) is -4.14. The molecule has 2 amide bonds. The minimum Gasteiger partial charge on any atom is -0.354 e. The maximum atomic E-state index is 14.1. The van der Waals surface area contributed by atoms with Crippen molar-refractivity contribution in [3.63, 3.8) is 0 Å². The van der Waals surface area contributed by atoms with E-state index in [2.05, 4.69) is 5.32 Å². The molecule has 0 unspecified atom stereocenters. The average molecular weight is 584 g/mol. The molecular weight excluding hydrogens is 546 g/mol. The molecule has 0 radical (unpaired) electrons. The number of carbonyl (C=O) groups is 2. The summed E-state index contributed by atoms with van der Waals surface area (Å²) in [5, 5.41) is 3.29. The minimum atomic E-state index is -4.14. The van der Waals surface area contributed by atoms with E-state index in [1.165, 1.54) is 17.0 Å². The van der Waals surface area contributed by atoms with Crippen LogP contribution in [0.2, 0.25) is 5.02 Å². The number of hydrogen-bond acceptors (Lipinski definition) is 4.